The van der Waals surface area contributed by atoms with Crippen LogP contribution in [0.3, 0.4) is 0 Å². The Labute approximate surface area is 107 Å². The second kappa shape index (κ2) is 6.55. The third-order valence-corrected chi connectivity index (χ3v) is 2.43. The molecule has 2 unspecified atom stereocenters. The Morgan fingerprint density at radius 2 is 2.21 bits per heavy atom. The molecule has 7 nitrogen and oxygen atoms in total. The summed E-state index contributed by atoms with van der Waals surface area (Å²) < 4.78 is 30.7. The van der Waals surface area contributed by atoms with Gasteiger partial charge in [0.25, 0.3) is 6.43 Å². The second-order valence-corrected chi connectivity index (χ2v) is 3.82. The van der Waals surface area contributed by atoms with Gasteiger partial charge in [0.2, 0.25) is 0 Å². The fourth-order valence-corrected chi connectivity index (χ4v) is 1.41. The molecule has 0 aliphatic carbocycles. The number of hydrogen-bond acceptors (Lipinski definition) is 6. The predicted octanol–water partition coefficient (Wildman–Crippen LogP) is -0.653. The van der Waals surface area contributed by atoms with E-state index in [1.54, 1.807) is 0 Å². The molecule has 3 atom stereocenters. The fraction of sp³-hybridized carbons (Fsp3) is 0.600. The number of aromatic nitrogens is 2. The monoisotopic (exact) mass is 279 g/mol. The number of anilines is 1. The average molecular weight is 279 g/mol. The highest BCUT2D eigenvalue weighted by Crippen LogP contribution is 2.15. The summed E-state index contributed by atoms with van der Waals surface area (Å²) >= 11 is 0. The zero-order chi connectivity index (χ0) is 14.6. The SMILES string of the molecule is CC(O[C@H](CO)C(O)C(F)F)n1ccc(N)nc1=O. The average Bonchev–Trinajstić information content (AvgIpc) is 2.34. The molecular weight excluding hydrogens is 264 g/mol. The third-order valence-electron chi connectivity index (χ3n) is 2.43. The van der Waals surface area contributed by atoms with Gasteiger partial charge in [0, 0.05) is 6.20 Å². The Morgan fingerprint density at radius 3 is 2.68 bits per heavy atom. The lowest BCUT2D eigenvalue weighted by Crippen LogP contribution is -2.40. The summed E-state index contributed by atoms with van der Waals surface area (Å²) in [4.78, 5) is 14.9. The van der Waals surface area contributed by atoms with Crippen molar-refractivity contribution in [3.8, 4) is 0 Å². The van der Waals surface area contributed by atoms with Gasteiger partial charge in [-0.3, -0.25) is 4.57 Å². The van der Waals surface area contributed by atoms with E-state index in [2.05, 4.69) is 4.98 Å². The van der Waals surface area contributed by atoms with Gasteiger partial charge in [-0.1, -0.05) is 0 Å². The van der Waals surface area contributed by atoms with E-state index >= 15 is 0 Å². The van der Waals surface area contributed by atoms with E-state index in [1.165, 1.54) is 19.2 Å². The number of hydrogen-bond donors (Lipinski definition) is 3. The van der Waals surface area contributed by atoms with E-state index < -0.39 is 37.2 Å². The van der Waals surface area contributed by atoms with Gasteiger partial charge >= 0.3 is 5.69 Å². The van der Waals surface area contributed by atoms with Crippen molar-refractivity contribution in [2.45, 2.75) is 31.8 Å². The topological polar surface area (TPSA) is 111 Å². The molecule has 108 valence electrons. The van der Waals surface area contributed by atoms with Crippen LogP contribution in [0, 0.1) is 0 Å². The Hall–Kier alpha value is -1.58. The van der Waals surface area contributed by atoms with Crippen molar-refractivity contribution < 1.29 is 23.7 Å². The zero-order valence-electron chi connectivity index (χ0n) is 10.1. The van der Waals surface area contributed by atoms with Crippen LogP contribution < -0.4 is 11.4 Å². The van der Waals surface area contributed by atoms with Crippen LogP contribution in [0.15, 0.2) is 17.1 Å². The summed E-state index contributed by atoms with van der Waals surface area (Å²) in [6, 6.07) is 1.33. The van der Waals surface area contributed by atoms with Gasteiger partial charge in [-0.15, -0.1) is 0 Å². The van der Waals surface area contributed by atoms with E-state index in [-0.39, 0.29) is 5.82 Å². The number of rotatable bonds is 6. The molecule has 1 rings (SSSR count). The van der Waals surface area contributed by atoms with Crippen LogP contribution >= 0.6 is 0 Å². The van der Waals surface area contributed by atoms with Crippen molar-refractivity contribution in [3.63, 3.8) is 0 Å². The number of nitrogen functional groups attached to an aromatic ring is 1. The highest BCUT2D eigenvalue weighted by atomic mass is 19.3. The minimum absolute atomic E-state index is 0.0137. The Balaban J connectivity index is 2.82. The Bertz CT molecular complexity index is 468. The molecule has 4 N–H and O–H groups in total. The van der Waals surface area contributed by atoms with Crippen molar-refractivity contribution in [3.05, 3.63) is 22.7 Å². The molecule has 1 aromatic rings. The first-order valence-corrected chi connectivity index (χ1v) is 5.44. The molecule has 0 radical (unpaired) electrons. The standard InChI is InChI=1S/C10H15F2N3O4/c1-5(15-3-2-7(13)14-10(15)18)19-6(4-16)8(17)9(11)12/h2-3,5-6,8-9,16-17H,4H2,1H3,(H2,13,14,18)/t5?,6-,8?/m1/s1. The van der Waals surface area contributed by atoms with Crippen molar-refractivity contribution in [2.24, 2.45) is 0 Å². The van der Waals surface area contributed by atoms with Crippen LogP contribution in [-0.4, -0.2) is 45.0 Å². The lowest BCUT2D eigenvalue weighted by atomic mass is 10.2. The number of nitrogens with two attached hydrogens (primary N) is 1. The molecule has 9 heteroatoms. The molecule has 0 bridgehead atoms. The molecule has 1 aromatic heterocycles. The predicted molar refractivity (Wildman–Crippen MR) is 61.6 cm³/mol. The van der Waals surface area contributed by atoms with E-state index in [1.807, 2.05) is 0 Å². The zero-order valence-corrected chi connectivity index (χ0v) is 10.1. The molecular formula is C10H15F2N3O4. The largest absolute Gasteiger partial charge is 0.394 e. The molecule has 0 spiro atoms. The Kier molecular flexibility index (Phi) is 5.33. The summed E-state index contributed by atoms with van der Waals surface area (Å²) in [5.41, 5.74) is 4.57. The van der Waals surface area contributed by atoms with Crippen molar-refractivity contribution in [1.82, 2.24) is 9.55 Å². The molecule has 0 fully saturated rings. The van der Waals surface area contributed by atoms with Crippen LogP contribution in [0.1, 0.15) is 13.2 Å². The highest BCUT2D eigenvalue weighted by Gasteiger charge is 2.29. The summed E-state index contributed by atoms with van der Waals surface area (Å²) in [7, 11) is 0. The number of aliphatic hydroxyl groups is 2. The van der Waals surface area contributed by atoms with Gasteiger partial charge in [0.15, 0.2) is 0 Å². The number of alkyl halides is 2. The lowest BCUT2D eigenvalue weighted by Gasteiger charge is -2.25. The van der Waals surface area contributed by atoms with E-state index in [9.17, 15) is 13.6 Å². The third kappa shape index (κ3) is 3.94. The molecule has 19 heavy (non-hydrogen) atoms. The molecule has 0 amide bonds. The summed E-state index contributed by atoms with van der Waals surface area (Å²) in [6.45, 7) is 0.577. The van der Waals surface area contributed by atoms with Gasteiger partial charge < -0.3 is 20.7 Å². The van der Waals surface area contributed by atoms with Gasteiger partial charge in [0.05, 0.1) is 6.61 Å². The normalized spacial score (nSPS) is 16.3. The first kappa shape index (κ1) is 15.5. The minimum atomic E-state index is -3.06. The summed E-state index contributed by atoms with van der Waals surface area (Å²) in [6.07, 6.45) is -6.44. The van der Waals surface area contributed by atoms with Crippen LogP contribution in [-0.2, 0) is 4.74 Å². The van der Waals surface area contributed by atoms with Crippen LogP contribution in [0.5, 0.6) is 0 Å². The van der Waals surface area contributed by atoms with E-state index in [4.69, 9.17) is 20.7 Å². The Morgan fingerprint density at radius 1 is 1.58 bits per heavy atom. The first-order chi connectivity index (χ1) is 8.86. The van der Waals surface area contributed by atoms with Gasteiger partial charge in [0.1, 0.15) is 24.3 Å². The van der Waals surface area contributed by atoms with Gasteiger partial charge in [-0.25, -0.2) is 13.6 Å². The number of ether oxygens (including phenoxy) is 1. The fourth-order valence-electron chi connectivity index (χ4n) is 1.41. The maximum absolute atomic E-state index is 12.3. The molecule has 1 heterocycles. The van der Waals surface area contributed by atoms with Gasteiger partial charge in [-0.05, 0) is 13.0 Å². The minimum Gasteiger partial charge on any atom is -0.394 e. The van der Waals surface area contributed by atoms with Crippen molar-refractivity contribution in [2.75, 3.05) is 12.3 Å². The molecule has 0 saturated carbocycles. The highest BCUT2D eigenvalue weighted by molar-refractivity contribution is 5.23. The van der Waals surface area contributed by atoms with E-state index in [0.29, 0.717) is 0 Å². The van der Waals surface area contributed by atoms with Gasteiger partial charge in [-0.2, -0.15) is 4.98 Å². The second-order valence-electron chi connectivity index (χ2n) is 3.82. The van der Waals surface area contributed by atoms with Crippen LogP contribution in [0.25, 0.3) is 0 Å². The van der Waals surface area contributed by atoms with Crippen LogP contribution in [0.4, 0.5) is 14.6 Å². The molecule has 0 aliphatic heterocycles. The van der Waals surface area contributed by atoms with Crippen LogP contribution in [0.2, 0.25) is 0 Å². The maximum atomic E-state index is 12.3. The number of nitrogens with zero attached hydrogens (tertiary/aromatic N) is 2. The number of halogens is 2. The first-order valence-electron chi connectivity index (χ1n) is 5.44. The maximum Gasteiger partial charge on any atom is 0.351 e. The number of aliphatic hydroxyl groups excluding tert-OH is 2. The summed E-state index contributed by atoms with van der Waals surface area (Å²) in [5, 5.41) is 18.1. The quantitative estimate of drug-likeness (QED) is 0.638. The van der Waals surface area contributed by atoms with Crippen molar-refractivity contribution >= 4 is 5.82 Å². The molecule has 0 aromatic carbocycles. The van der Waals surface area contributed by atoms with Crippen molar-refractivity contribution in [1.29, 1.82) is 0 Å². The lowest BCUT2D eigenvalue weighted by molar-refractivity contribution is -0.153. The smallest absolute Gasteiger partial charge is 0.351 e. The van der Waals surface area contributed by atoms with E-state index in [0.717, 1.165) is 4.57 Å². The molecule has 0 aliphatic rings. The molecule has 0 saturated heterocycles. The summed E-state index contributed by atoms with van der Waals surface area (Å²) in [5.74, 6) is 0.0137.